The molecule has 0 saturated heterocycles. The molecule has 0 aliphatic heterocycles. The molecule has 3 N–H and O–H groups in total. The average Bonchev–Trinajstić information content (AvgIpc) is 2.49. The van der Waals surface area contributed by atoms with Gasteiger partial charge in [0.05, 0.1) is 0 Å². The lowest BCUT2D eigenvalue weighted by atomic mass is 9.71. The van der Waals surface area contributed by atoms with E-state index in [0.29, 0.717) is 19.5 Å². The maximum Gasteiger partial charge on any atom is 0.220 e. The molecular formula is C16H22BrFN2O. The molecule has 2 rings (SSSR count). The van der Waals surface area contributed by atoms with E-state index in [2.05, 4.69) is 21.2 Å². The molecule has 1 aromatic rings. The number of nitrogens with one attached hydrogen (secondary N) is 1. The zero-order valence-corrected chi connectivity index (χ0v) is 13.7. The van der Waals surface area contributed by atoms with Gasteiger partial charge in [0.2, 0.25) is 5.91 Å². The maximum atomic E-state index is 13.2. The lowest BCUT2D eigenvalue weighted by Gasteiger charge is -2.35. The summed E-state index contributed by atoms with van der Waals surface area (Å²) in [5.74, 6) is -0.299. The maximum absolute atomic E-state index is 13.2. The standard InChI is InChI=1S/C16H22BrFN2O/c17-14-5-4-13(18)8-12(14)10-20-15(21)9-16(11-19)6-2-1-3-7-16/h4-5,8H,1-3,6-7,9-11,19H2,(H,20,21). The van der Waals surface area contributed by atoms with Crippen molar-refractivity contribution in [1.29, 1.82) is 0 Å². The predicted molar refractivity (Wildman–Crippen MR) is 85.1 cm³/mol. The SMILES string of the molecule is NCC1(CC(=O)NCc2cc(F)ccc2Br)CCCCC1. The Bertz CT molecular complexity index is 501. The van der Waals surface area contributed by atoms with Gasteiger partial charge < -0.3 is 11.1 Å². The van der Waals surface area contributed by atoms with Crippen LogP contribution in [0.2, 0.25) is 0 Å². The molecule has 0 unspecified atom stereocenters. The van der Waals surface area contributed by atoms with Gasteiger partial charge in [-0.15, -0.1) is 0 Å². The quantitative estimate of drug-likeness (QED) is 0.848. The minimum Gasteiger partial charge on any atom is -0.352 e. The molecule has 116 valence electrons. The van der Waals surface area contributed by atoms with E-state index in [4.69, 9.17) is 5.73 Å². The average molecular weight is 357 g/mol. The monoisotopic (exact) mass is 356 g/mol. The first-order valence-electron chi connectivity index (χ1n) is 7.45. The number of hydrogen-bond donors (Lipinski definition) is 2. The first kappa shape index (κ1) is 16.4. The van der Waals surface area contributed by atoms with Crippen LogP contribution in [0.1, 0.15) is 44.1 Å². The molecule has 1 aromatic carbocycles. The molecule has 1 fully saturated rings. The van der Waals surface area contributed by atoms with Crippen LogP contribution < -0.4 is 11.1 Å². The number of halogens is 2. The summed E-state index contributed by atoms with van der Waals surface area (Å²) in [5.41, 5.74) is 6.60. The van der Waals surface area contributed by atoms with Gasteiger partial charge in [0, 0.05) is 17.4 Å². The summed E-state index contributed by atoms with van der Waals surface area (Å²) >= 11 is 3.37. The van der Waals surface area contributed by atoms with Gasteiger partial charge in [-0.25, -0.2) is 4.39 Å². The molecule has 1 aliphatic carbocycles. The van der Waals surface area contributed by atoms with E-state index in [1.807, 2.05) is 0 Å². The van der Waals surface area contributed by atoms with Crippen LogP contribution in [0, 0.1) is 11.2 Å². The Morgan fingerprint density at radius 3 is 2.71 bits per heavy atom. The van der Waals surface area contributed by atoms with Crippen molar-refractivity contribution in [1.82, 2.24) is 5.32 Å². The van der Waals surface area contributed by atoms with Crippen LogP contribution in [0.15, 0.2) is 22.7 Å². The van der Waals surface area contributed by atoms with Crippen LogP contribution in [0.3, 0.4) is 0 Å². The van der Waals surface area contributed by atoms with Crippen LogP contribution in [-0.2, 0) is 11.3 Å². The van der Waals surface area contributed by atoms with Crippen molar-refractivity contribution in [3.05, 3.63) is 34.1 Å². The number of carbonyl (C=O) groups is 1. The third-order valence-corrected chi connectivity index (χ3v) is 5.14. The topological polar surface area (TPSA) is 55.1 Å². The Hall–Kier alpha value is -0.940. The normalized spacial score (nSPS) is 17.5. The predicted octanol–water partition coefficient (Wildman–Crippen LogP) is 3.50. The molecule has 0 spiro atoms. The lowest BCUT2D eigenvalue weighted by molar-refractivity contribution is -0.124. The number of nitrogens with two attached hydrogens (primary N) is 1. The number of benzene rings is 1. The molecule has 0 aromatic heterocycles. The molecule has 1 amide bonds. The molecule has 0 radical (unpaired) electrons. The van der Waals surface area contributed by atoms with Crippen LogP contribution in [-0.4, -0.2) is 12.5 Å². The fourth-order valence-electron chi connectivity index (χ4n) is 3.03. The summed E-state index contributed by atoms with van der Waals surface area (Å²) in [6.45, 7) is 0.891. The second-order valence-electron chi connectivity index (χ2n) is 5.95. The number of amides is 1. The third kappa shape index (κ3) is 4.51. The van der Waals surface area contributed by atoms with Crippen molar-refractivity contribution in [2.24, 2.45) is 11.1 Å². The van der Waals surface area contributed by atoms with Gasteiger partial charge >= 0.3 is 0 Å². The molecule has 1 aliphatic rings. The van der Waals surface area contributed by atoms with E-state index in [-0.39, 0.29) is 17.1 Å². The Balaban J connectivity index is 1.91. The molecule has 3 nitrogen and oxygen atoms in total. The number of carbonyl (C=O) groups excluding carboxylic acids is 1. The molecule has 0 bridgehead atoms. The van der Waals surface area contributed by atoms with Gasteiger partial charge in [0.25, 0.3) is 0 Å². The van der Waals surface area contributed by atoms with Crippen molar-refractivity contribution in [3.8, 4) is 0 Å². The fraction of sp³-hybridized carbons (Fsp3) is 0.562. The molecule has 5 heteroatoms. The van der Waals surface area contributed by atoms with E-state index < -0.39 is 0 Å². The van der Waals surface area contributed by atoms with Gasteiger partial charge in [0.1, 0.15) is 5.82 Å². The first-order chi connectivity index (χ1) is 10.0. The largest absolute Gasteiger partial charge is 0.352 e. The van der Waals surface area contributed by atoms with E-state index in [0.717, 1.165) is 35.7 Å². The highest BCUT2D eigenvalue weighted by Gasteiger charge is 2.32. The molecule has 0 heterocycles. The lowest BCUT2D eigenvalue weighted by Crippen LogP contribution is -2.38. The van der Waals surface area contributed by atoms with E-state index in [9.17, 15) is 9.18 Å². The van der Waals surface area contributed by atoms with Gasteiger partial charge in [0.15, 0.2) is 0 Å². The van der Waals surface area contributed by atoms with E-state index in [1.165, 1.54) is 18.6 Å². The highest BCUT2D eigenvalue weighted by atomic mass is 79.9. The van der Waals surface area contributed by atoms with Crippen molar-refractivity contribution in [2.75, 3.05) is 6.54 Å². The summed E-state index contributed by atoms with van der Waals surface area (Å²) in [4.78, 5) is 12.2. The molecule has 1 saturated carbocycles. The highest BCUT2D eigenvalue weighted by Crippen LogP contribution is 2.38. The third-order valence-electron chi connectivity index (χ3n) is 4.37. The fourth-order valence-corrected chi connectivity index (χ4v) is 3.42. The molecule has 0 atom stereocenters. The number of hydrogen-bond acceptors (Lipinski definition) is 2. The number of rotatable bonds is 5. The Morgan fingerprint density at radius 1 is 1.33 bits per heavy atom. The van der Waals surface area contributed by atoms with Crippen molar-refractivity contribution in [2.45, 2.75) is 45.1 Å². The zero-order chi connectivity index (χ0) is 15.3. The minimum atomic E-state index is -0.298. The van der Waals surface area contributed by atoms with E-state index in [1.54, 1.807) is 6.07 Å². The van der Waals surface area contributed by atoms with Gasteiger partial charge in [-0.05, 0) is 48.6 Å². The van der Waals surface area contributed by atoms with Crippen molar-refractivity contribution < 1.29 is 9.18 Å². The van der Waals surface area contributed by atoms with Gasteiger partial charge in [-0.3, -0.25) is 4.79 Å². The summed E-state index contributed by atoms with van der Waals surface area (Å²) in [7, 11) is 0. The molecule has 21 heavy (non-hydrogen) atoms. The van der Waals surface area contributed by atoms with Crippen LogP contribution in [0.4, 0.5) is 4.39 Å². The Labute approximate surface area is 133 Å². The van der Waals surface area contributed by atoms with Crippen molar-refractivity contribution >= 4 is 21.8 Å². The second kappa shape index (κ2) is 7.36. The van der Waals surface area contributed by atoms with Crippen LogP contribution >= 0.6 is 15.9 Å². The smallest absolute Gasteiger partial charge is 0.220 e. The summed E-state index contributed by atoms with van der Waals surface area (Å²) < 4.78 is 14.0. The first-order valence-corrected chi connectivity index (χ1v) is 8.25. The van der Waals surface area contributed by atoms with Crippen LogP contribution in [0.5, 0.6) is 0 Å². The van der Waals surface area contributed by atoms with Crippen LogP contribution in [0.25, 0.3) is 0 Å². The summed E-state index contributed by atoms with van der Waals surface area (Å²) in [5, 5.41) is 2.88. The Morgan fingerprint density at radius 2 is 2.05 bits per heavy atom. The van der Waals surface area contributed by atoms with Gasteiger partial charge in [-0.2, -0.15) is 0 Å². The summed E-state index contributed by atoms with van der Waals surface area (Å²) in [6.07, 6.45) is 6.07. The van der Waals surface area contributed by atoms with Gasteiger partial charge in [-0.1, -0.05) is 35.2 Å². The second-order valence-corrected chi connectivity index (χ2v) is 6.81. The highest BCUT2D eigenvalue weighted by molar-refractivity contribution is 9.10. The Kier molecular flexibility index (Phi) is 5.76. The minimum absolute atomic E-state index is 0.00138. The molecular weight excluding hydrogens is 335 g/mol. The summed E-state index contributed by atoms with van der Waals surface area (Å²) in [6, 6.07) is 4.48. The van der Waals surface area contributed by atoms with E-state index >= 15 is 0 Å². The zero-order valence-electron chi connectivity index (χ0n) is 12.1. The van der Waals surface area contributed by atoms with Crippen molar-refractivity contribution in [3.63, 3.8) is 0 Å².